The fraction of sp³-hybridized carbons (Fsp3) is 0.364. The molecule has 0 fully saturated rings. The summed E-state index contributed by atoms with van der Waals surface area (Å²) in [5, 5.41) is 7.08. The third-order valence-electron chi connectivity index (χ3n) is 4.38. The average Bonchev–Trinajstić information content (AvgIpc) is 3.28. The van der Waals surface area contributed by atoms with E-state index in [1.54, 1.807) is 23.6 Å². The summed E-state index contributed by atoms with van der Waals surface area (Å²) >= 11 is 1.26. The van der Waals surface area contributed by atoms with Crippen LogP contribution in [0, 0.1) is 6.92 Å². The predicted octanol–water partition coefficient (Wildman–Crippen LogP) is 2.60. The highest BCUT2D eigenvalue weighted by molar-refractivity contribution is 7.12. The molecule has 9 heteroatoms. The number of amides is 3. The summed E-state index contributed by atoms with van der Waals surface area (Å²) in [5.74, 6) is -1.92. The topological polar surface area (TPSA) is 105 Å². The molecule has 0 aliphatic carbocycles. The molecule has 0 radical (unpaired) electrons. The highest BCUT2D eigenvalue weighted by Gasteiger charge is 2.22. The molecular weight excluding hydrogens is 418 g/mol. The number of hydrogen-bond donors (Lipinski definition) is 2. The van der Waals surface area contributed by atoms with Crippen molar-refractivity contribution in [2.75, 3.05) is 25.0 Å². The maximum Gasteiger partial charge on any atom is 0.328 e. The van der Waals surface area contributed by atoms with Crippen LogP contribution in [0.25, 0.3) is 0 Å². The molecule has 0 spiro atoms. The van der Waals surface area contributed by atoms with Crippen LogP contribution in [0.5, 0.6) is 0 Å². The number of hydrogen-bond acceptors (Lipinski definition) is 6. The highest BCUT2D eigenvalue weighted by Crippen LogP contribution is 2.13. The molecule has 31 heavy (non-hydrogen) atoms. The lowest BCUT2D eigenvalue weighted by Crippen LogP contribution is -2.43. The Morgan fingerprint density at radius 3 is 2.52 bits per heavy atom. The monoisotopic (exact) mass is 445 g/mol. The van der Waals surface area contributed by atoms with Crippen molar-refractivity contribution in [2.24, 2.45) is 0 Å². The Kier molecular flexibility index (Phi) is 9.20. The quantitative estimate of drug-likeness (QED) is 0.547. The van der Waals surface area contributed by atoms with Crippen LogP contribution < -0.4 is 10.6 Å². The standard InChI is InChI=1S/C22H27N3O5S/c1-4-11-25(13-19(26)24-17-9-6-5-8-15(17)2)20(27)14-30-22(29)16(3)23-21(28)18-10-7-12-31-18/h5-10,12,16H,4,11,13-14H2,1-3H3,(H,23,28)(H,24,26). The summed E-state index contributed by atoms with van der Waals surface area (Å²) in [6, 6.07) is 9.82. The summed E-state index contributed by atoms with van der Waals surface area (Å²) in [6.45, 7) is 4.94. The molecule has 0 saturated heterocycles. The van der Waals surface area contributed by atoms with E-state index in [0.717, 1.165) is 5.56 Å². The van der Waals surface area contributed by atoms with Crippen molar-refractivity contribution in [2.45, 2.75) is 33.2 Å². The lowest BCUT2D eigenvalue weighted by Gasteiger charge is -2.22. The van der Waals surface area contributed by atoms with E-state index >= 15 is 0 Å². The number of rotatable bonds is 10. The number of ether oxygens (including phenoxy) is 1. The number of para-hydroxylation sites is 1. The normalized spacial score (nSPS) is 11.3. The fourth-order valence-electron chi connectivity index (χ4n) is 2.72. The number of benzene rings is 1. The van der Waals surface area contributed by atoms with Gasteiger partial charge in [-0.3, -0.25) is 14.4 Å². The zero-order valence-corrected chi connectivity index (χ0v) is 18.7. The molecule has 1 unspecified atom stereocenters. The lowest BCUT2D eigenvalue weighted by molar-refractivity contribution is -0.153. The van der Waals surface area contributed by atoms with Crippen LogP contribution in [0.1, 0.15) is 35.5 Å². The van der Waals surface area contributed by atoms with Gasteiger partial charge >= 0.3 is 5.97 Å². The summed E-state index contributed by atoms with van der Waals surface area (Å²) in [5.41, 5.74) is 1.59. The van der Waals surface area contributed by atoms with Crippen LogP contribution in [-0.2, 0) is 19.1 Å². The molecule has 0 aliphatic heterocycles. The molecule has 0 bridgehead atoms. The Hall–Kier alpha value is -3.20. The maximum atomic E-state index is 12.5. The van der Waals surface area contributed by atoms with Gasteiger partial charge in [0.1, 0.15) is 6.04 Å². The first-order valence-electron chi connectivity index (χ1n) is 9.96. The third kappa shape index (κ3) is 7.53. The van der Waals surface area contributed by atoms with E-state index in [1.807, 2.05) is 32.0 Å². The van der Waals surface area contributed by atoms with Gasteiger partial charge < -0.3 is 20.3 Å². The number of esters is 1. The van der Waals surface area contributed by atoms with Gasteiger partial charge in [-0.25, -0.2) is 4.79 Å². The van der Waals surface area contributed by atoms with E-state index in [1.165, 1.54) is 23.2 Å². The minimum absolute atomic E-state index is 0.150. The van der Waals surface area contributed by atoms with Gasteiger partial charge in [0.25, 0.3) is 11.8 Å². The van der Waals surface area contributed by atoms with Gasteiger partial charge in [0.2, 0.25) is 5.91 Å². The number of thiophene rings is 1. The van der Waals surface area contributed by atoms with Gasteiger partial charge in [-0.15, -0.1) is 11.3 Å². The van der Waals surface area contributed by atoms with E-state index < -0.39 is 24.5 Å². The third-order valence-corrected chi connectivity index (χ3v) is 5.25. The van der Waals surface area contributed by atoms with E-state index in [-0.39, 0.29) is 18.4 Å². The van der Waals surface area contributed by atoms with Crippen molar-refractivity contribution in [3.8, 4) is 0 Å². The van der Waals surface area contributed by atoms with Gasteiger partial charge in [0.15, 0.2) is 6.61 Å². The molecule has 1 heterocycles. The average molecular weight is 446 g/mol. The Bertz CT molecular complexity index is 914. The largest absolute Gasteiger partial charge is 0.454 e. The van der Waals surface area contributed by atoms with E-state index in [2.05, 4.69) is 10.6 Å². The summed E-state index contributed by atoms with van der Waals surface area (Å²) in [6.07, 6.45) is 0.643. The van der Waals surface area contributed by atoms with Crippen LogP contribution in [0.15, 0.2) is 41.8 Å². The van der Waals surface area contributed by atoms with Crippen molar-refractivity contribution in [1.82, 2.24) is 10.2 Å². The summed E-state index contributed by atoms with van der Waals surface area (Å²) in [7, 11) is 0. The molecule has 1 atom stereocenters. The Balaban J connectivity index is 1.85. The first-order chi connectivity index (χ1) is 14.8. The second-order valence-electron chi connectivity index (χ2n) is 6.96. The van der Waals surface area contributed by atoms with E-state index in [9.17, 15) is 19.2 Å². The number of carbonyl (C=O) groups is 4. The van der Waals surface area contributed by atoms with Crippen LogP contribution in [0.3, 0.4) is 0 Å². The minimum atomic E-state index is -0.911. The van der Waals surface area contributed by atoms with Gasteiger partial charge in [-0.1, -0.05) is 31.2 Å². The van der Waals surface area contributed by atoms with E-state index in [0.29, 0.717) is 23.5 Å². The minimum Gasteiger partial charge on any atom is -0.454 e. The van der Waals surface area contributed by atoms with Crippen LogP contribution in [-0.4, -0.2) is 54.3 Å². The zero-order chi connectivity index (χ0) is 22.8. The first kappa shape index (κ1) is 24.1. The molecule has 0 aliphatic rings. The van der Waals surface area contributed by atoms with E-state index in [4.69, 9.17) is 4.74 Å². The van der Waals surface area contributed by atoms with Gasteiger partial charge in [-0.2, -0.15) is 0 Å². The molecule has 1 aromatic heterocycles. The second-order valence-corrected chi connectivity index (χ2v) is 7.91. The number of carbonyl (C=O) groups excluding carboxylic acids is 4. The fourth-order valence-corrected chi connectivity index (χ4v) is 3.35. The number of aryl methyl sites for hydroxylation is 1. The molecule has 0 saturated carbocycles. The van der Waals surface area contributed by atoms with Crippen molar-refractivity contribution in [1.29, 1.82) is 0 Å². The van der Waals surface area contributed by atoms with Crippen LogP contribution in [0.4, 0.5) is 5.69 Å². The predicted molar refractivity (Wildman–Crippen MR) is 119 cm³/mol. The zero-order valence-electron chi connectivity index (χ0n) is 17.8. The molecule has 2 aromatic rings. The second kappa shape index (κ2) is 11.8. The molecular formula is C22H27N3O5S. The van der Waals surface area contributed by atoms with Gasteiger partial charge in [0.05, 0.1) is 11.4 Å². The van der Waals surface area contributed by atoms with Gasteiger partial charge in [-0.05, 0) is 43.3 Å². The van der Waals surface area contributed by atoms with Crippen molar-refractivity contribution < 1.29 is 23.9 Å². The first-order valence-corrected chi connectivity index (χ1v) is 10.8. The molecule has 3 amide bonds. The smallest absolute Gasteiger partial charge is 0.328 e. The summed E-state index contributed by atoms with van der Waals surface area (Å²) in [4.78, 5) is 50.9. The van der Waals surface area contributed by atoms with Crippen LogP contribution in [0.2, 0.25) is 0 Å². The molecule has 1 aromatic carbocycles. The number of nitrogens with zero attached hydrogens (tertiary/aromatic N) is 1. The van der Waals surface area contributed by atoms with Crippen molar-refractivity contribution in [3.63, 3.8) is 0 Å². The Labute approximate surface area is 185 Å². The SMILES string of the molecule is CCCN(CC(=O)Nc1ccccc1C)C(=O)COC(=O)C(C)NC(=O)c1cccs1. The van der Waals surface area contributed by atoms with Crippen molar-refractivity contribution in [3.05, 3.63) is 52.2 Å². The lowest BCUT2D eigenvalue weighted by atomic mass is 10.2. The van der Waals surface area contributed by atoms with Gasteiger partial charge in [0, 0.05) is 12.2 Å². The molecule has 2 N–H and O–H groups in total. The molecule has 8 nitrogen and oxygen atoms in total. The molecule has 2 rings (SSSR count). The Morgan fingerprint density at radius 1 is 1.13 bits per heavy atom. The molecule has 166 valence electrons. The maximum absolute atomic E-state index is 12.5. The number of anilines is 1. The Morgan fingerprint density at radius 2 is 1.87 bits per heavy atom. The van der Waals surface area contributed by atoms with Crippen molar-refractivity contribution >= 4 is 40.7 Å². The summed E-state index contributed by atoms with van der Waals surface area (Å²) < 4.78 is 5.06. The highest BCUT2D eigenvalue weighted by atomic mass is 32.1. The number of nitrogens with one attached hydrogen (secondary N) is 2. The van der Waals surface area contributed by atoms with Crippen LogP contribution >= 0.6 is 11.3 Å².